The predicted molar refractivity (Wildman–Crippen MR) is 149 cm³/mol. The number of nitrogens with zero attached hydrogens (tertiary/aromatic N) is 2. The Morgan fingerprint density at radius 1 is 1.02 bits per heavy atom. The molecule has 0 aliphatic rings. The Kier molecular flexibility index (Phi) is 10.6. The minimum Gasteiger partial charge on any atom is -0.870 e. The summed E-state index contributed by atoms with van der Waals surface area (Å²) in [6.07, 6.45) is 0.260. The van der Waals surface area contributed by atoms with Crippen LogP contribution in [0.1, 0.15) is 29.8 Å². The topological polar surface area (TPSA) is 140 Å². The van der Waals surface area contributed by atoms with Crippen molar-refractivity contribution in [3.05, 3.63) is 81.8 Å². The summed E-state index contributed by atoms with van der Waals surface area (Å²) < 4.78 is 38.3. The molecule has 0 aliphatic heterocycles. The summed E-state index contributed by atoms with van der Waals surface area (Å²) in [6.45, 7) is 3.94. The first kappa shape index (κ1) is 31.8. The summed E-state index contributed by atoms with van der Waals surface area (Å²) in [5, 5.41) is 25.5. The van der Waals surface area contributed by atoms with Crippen molar-refractivity contribution in [3.63, 3.8) is 0 Å². The number of rotatable bonds is 8. The molecule has 4 aromatic carbocycles. The van der Waals surface area contributed by atoms with Gasteiger partial charge in [0.05, 0.1) is 27.2 Å². The number of aryl methyl sites for hydroxylation is 1. The van der Waals surface area contributed by atoms with Crippen molar-refractivity contribution in [1.82, 2.24) is 0 Å². The van der Waals surface area contributed by atoms with E-state index in [0.29, 0.717) is 33.8 Å². The molecule has 4 aromatic rings. The molecule has 0 unspecified atom stereocenters. The van der Waals surface area contributed by atoms with Crippen LogP contribution in [0.25, 0.3) is 10.8 Å². The molecule has 0 aromatic heterocycles. The fourth-order valence-corrected chi connectivity index (χ4v) is 5.21. The quantitative estimate of drug-likeness (QED) is 0.175. The first-order valence-corrected chi connectivity index (χ1v) is 13.9. The molecule has 0 heterocycles. The predicted octanol–water partition coefficient (Wildman–Crippen LogP) is 4.10. The van der Waals surface area contributed by atoms with Gasteiger partial charge in [-0.25, -0.2) is 0 Å². The number of ether oxygens (including phenoxy) is 1. The van der Waals surface area contributed by atoms with Crippen LogP contribution in [0.4, 0.5) is 17.1 Å². The maximum Gasteiger partial charge on any atom is 1.00 e. The molecule has 0 atom stereocenters. The smallest absolute Gasteiger partial charge is 0.870 e. The van der Waals surface area contributed by atoms with Crippen LogP contribution >= 0.6 is 23.2 Å². The number of carbonyl (C=O) groups is 1. The zero-order valence-electron chi connectivity index (χ0n) is 21.7. The van der Waals surface area contributed by atoms with E-state index in [9.17, 15) is 22.9 Å². The van der Waals surface area contributed by atoms with Gasteiger partial charge >= 0.3 is 29.6 Å². The monoisotopic (exact) mass is 609 g/mol. The van der Waals surface area contributed by atoms with Gasteiger partial charge in [-0.2, -0.15) is 13.5 Å². The zero-order valence-corrected chi connectivity index (χ0v) is 26.1. The maximum atomic E-state index is 13.4. The summed E-state index contributed by atoms with van der Waals surface area (Å²) in [5.74, 6) is -0.885. The van der Waals surface area contributed by atoms with E-state index in [1.807, 2.05) is 6.92 Å². The molecule has 0 saturated carbocycles. The molecular weight excluding hydrogens is 588 g/mol. The molecule has 0 radical (unpaired) electrons. The zero-order chi connectivity index (χ0) is 28.3. The second-order valence-corrected chi connectivity index (χ2v) is 10.5. The van der Waals surface area contributed by atoms with Gasteiger partial charge in [-0.3, -0.25) is 9.35 Å². The molecule has 202 valence electrons. The van der Waals surface area contributed by atoms with E-state index in [-0.39, 0.29) is 68.4 Å². The molecule has 9 nitrogen and oxygen atoms in total. The van der Waals surface area contributed by atoms with E-state index in [0.717, 1.165) is 6.07 Å². The largest absolute Gasteiger partial charge is 1.00 e. The standard InChI is InChI=1S/C27H23Cl2N3O6S.Na/c1-3-15-12-22(20(28)14-24(15)39(35,36)37)31-32-25-18-8-6-5-7-16(18)11-19(26(25)33)27(34)30-17-9-10-23(38-4-2)21(29)13-17;/h5-14,33H,3-4H2,1-2H3,(H,30,34)(H,35,36,37);/q;+1/p-1. The third-order valence-corrected chi connectivity index (χ3v) is 7.29. The average molecular weight is 610 g/mol. The van der Waals surface area contributed by atoms with E-state index in [1.54, 1.807) is 43.3 Å². The van der Waals surface area contributed by atoms with Crippen LogP contribution in [0.5, 0.6) is 11.5 Å². The van der Waals surface area contributed by atoms with Gasteiger partial charge in [0.2, 0.25) is 0 Å². The molecule has 40 heavy (non-hydrogen) atoms. The average Bonchev–Trinajstić information content (AvgIpc) is 2.89. The van der Waals surface area contributed by atoms with Crippen molar-refractivity contribution >= 4 is 67.1 Å². The Balaban J connectivity index is 0.00000441. The molecule has 2 N–H and O–H groups in total. The fraction of sp³-hybridized carbons (Fsp3) is 0.148. The van der Waals surface area contributed by atoms with Crippen LogP contribution < -0.4 is 44.7 Å². The third-order valence-electron chi connectivity index (χ3n) is 5.76. The van der Waals surface area contributed by atoms with E-state index in [4.69, 9.17) is 27.9 Å². The van der Waals surface area contributed by atoms with Crippen molar-refractivity contribution in [2.45, 2.75) is 25.2 Å². The normalized spacial score (nSPS) is 11.4. The van der Waals surface area contributed by atoms with E-state index < -0.39 is 21.8 Å². The molecule has 0 bridgehead atoms. The Bertz CT molecular complexity index is 1730. The van der Waals surface area contributed by atoms with Gasteiger partial charge in [-0.05, 0) is 60.7 Å². The summed E-state index contributed by atoms with van der Waals surface area (Å²) in [5.41, 5.74) is 0.446. The number of benzene rings is 4. The van der Waals surface area contributed by atoms with Crippen molar-refractivity contribution in [1.29, 1.82) is 0 Å². The minimum atomic E-state index is -4.50. The van der Waals surface area contributed by atoms with Gasteiger partial charge in [-0.15, -0.1) is 5.11 Å². The molecule has 4 rings (SSSR count). The Labute approximate surface area is 263 Å². The Morgan fingerprint density at radius 3 is 2.40 bits per heavy atom. The maximum absolute atomic E-state index is 13.4. The molecule has 1 amide bonds. The molecule has 13 heteroatoms. The fourth-order valence-electron chi connectivity index (χ4n) is 3.91. The summed E-state index contributed by atoms with van der Waals surface area (Å²) in [7, 11) is -4.50. The molecule has 0 fully saturated rings. The van der Waals surface area contributed by atoms with Crippen LogP contribution in [0.3, 0.4) is 0 Å². The summed E-state index contributed by atoms with van der Waals surface area (Å²) in [6, 6.07) is 15.5. The van der Waals surface area contributed by atoms with Crippen LogP contribution in [0.2, 0.25) is 10.0 Å². The molecule has 0 spiro atoms. The van der Waals surface area contributed by atoms with Gasteiger partial charge in [0, 0.05) is 16.6 Å². The van der Waals surface area contributed by atoms with Crippen LogP contribution in [0, 0.1) is 0 Å². The van der Waals surface area contributed by atoms with E-state index in [1.165, 1.54) is 18.2 Å². The van der Waals surface area contributed by atoms with Crippen LogP contribution in [0.15, 0.2) is 75.8 Å². The number of halogens is 2. The number of amides is 1. The number of fused-ring (bicyclic) bond motifs is 1. The number of hydrogen-bond acceptors (Lipinski definition) is 7. The van der Waals surface area contributed by atoms with E-state index >= 15 is 0 Å². The number of anilines is 1. The second kappa shape index (κ2) is 13.3. The van der Waals surface area contributed by atoms with Crippen molar-refractivity contribution in [2.75, 3.05) is 11.9 Å². The SMILES string of the molecule is CCOc1ccc(NC(=O)c2cc3ccccc3c(N=Nc3cc(CC)c(S(=O)(=O)O)cc3Cl)c2[O-])cc1Cl.[Na+]. The van der Waals surface area contributed by atoms with Gasteiger partial charge in [-0.1, -0.05) is 60.1 Å². The number of nitrogens with one attached hydrogen (secondary N) is 1. The molecule has 0 saturated heterocycles. The molecule has 0 aliphatic carbocycles. The van der Waals surface area contributed by atoms with Gasteiger partial charge in [0.15, 0.2) is 0 Å². The summed E-state index contributed by atoms with van der Waals surface area (Å²) >= 11 is 12.4. The Hall–Kier alpha value is -2.70. The first-order valence-electron chi connectivity index (χ1n) is 11.7. The number of carbonyl (C=O) groups excluding carboxylic acids is 1. The second-order valence-electron chi connectivity index (χ2n) is 8.30. The summed E-state index contributed by atoms with van der Waals surface area (Å²) in [4.78, 5) is 12.8. The van der Waals surface area contributed by atoms with Crippen LogP contribution in [-0.4, -0.2) is 25.5 Å². The minimum absolute atomic E-state index is 0. The van der Waals surface area contributed by atoms with Crippen molar-refractivity contribution in [3.8, 4) is 11.5 Å². The number of azo groups is 1. The Morgan fingerprint density at radius 2 is 1.75 bits per heavy atom. The van der Waals surface area contributed by atoms with Crippen LogP contribution in [-0.2, 0) is 16.5 Å². The third kappa shape index (κ3) is 6.95. The first-order chi connectivity index (χ1) is 18.5. The van der Waals surface area contributed by atoms with Gasteiger partial charge < -0.3 is 15.2 Å². The van der Waals surface area contributed by atoms with Crippen molar-refractivity contribution < 1.29 is 57.2 Å². The molecular formula is C27H22Cl2N3NaO6S. The van der Waals surface area contributed by atoms with Gasteiger partial charge in [0.1, 0.15) is 11.4 Å². The van der Waals surface area contributed by atoms with E-state index in [2.05, 4.69) is 15.5 Å². The number of hydrogen-bond donors (Lipinski definition) is 2. The van der Waals surface area contributed by atoms with Crippen molar-refractivity contribution in [2.24, 2.45) is 10.2 Å². The van der Waals surface area contributed by atoms with Gasteiger partial charge in [0.25, 0.3) is 16.0 Å².